The number of hydrogen-bond donors (Lipinski definition) is 1. The fourth-order valence-corrected chi connectivity index (χ4v) is 2.66. The van der Waals surface area contributed by atoms with Gasteiger partial charge in [0.05, 0.1) is 5.69 Å². The van der Waals surface area contributed by atoms with Crippen LogP contribution < -0.4 is 10.6 Å². The lowest BCUT2D eigenvalue weighted by Crippen LogP contribution is -2.23. The average Bonchev–Trinajstić information content (AvgIpc) is 2.64. The molecule has 0 bridgehead atoms. The molecule has 0 aliphatic rings. The Hall–Kier alpha value is -1.81. The zero-order valence-electron chi connectivity index (χ0n) is 12.8. The third-order valence-corrected chi connectivity index (χ3v) is 3.46. The molecule has 4 heteroatoms. The molecular formula is C16H24N4. The highest BCUT2D eigenvalue weighted by molar-refractivity contribution is 5.50. The molecule has 0 saturated heterocycles. The Morgan fingerprint density at radius 3 is 2.55 bits per heavy atom. The van der Waals surface area contributed by atoms with Crippen LogP contribution in [0.5, 0.6) is 0 Å². The molecule has 108 valence electrons. The van der Waals surface area contributed by atoms with Crippen LogP contribution in [0.3, 0.4) is 0 Å². The second-order valence-corrected chi connectivity index (χ2v) is 5.53. The summed E-state index contributed by atoms with van der Waals surface area (Å²) in [6.07, 6.45) is 0.855. The fraction of sp³-hybridized carbons (Fsp3) is 0.438. The maximum Gasteiger partial charge on any atom is 0.130 e. The van der Waals surface area contributed by atoms with Crippen LogP contribution in [0, 0.1) is 6.92 Å². The normalized spacial score (nSPS) is 12.4. The highest BCUT2D eigenvalue weighted by Crippen LogP contribution is 2.24. The monoisotopic (exact) mass is 272 g/mol. The van der Waals surface area contributed by atoms with E-state index in [-0.39, 0.29) is 6.04 Å². The summed E-state index contributed by atoms with van der Waals surface area (Å²) in [5.74, 6) is 1.16. The minimum atomic E-state index is 0.141. The summed E-state index contributed by atoms with van der Waals surface area (Å²) in [6, 6.07) is 10.6. The molecule has 1 atom stereocenters. The maximum atomic E-state index is 5.97. The van der Waals surface area contributed by atoms with Crippen LogP contribution >= 0.6 is 0 Å². The number of aryl methyl sites for hydroxylation is 2. The molecule has 2 aromatic rings. The molecule has 0 saturated carbocycles. The molecule has 2 N–H and O–H groups in total. The Bertz CT molecular complexity index is 557. The van der Waals surface area contributed by atoms with Gasteiger partial charge in [-0.1, -0.05) is 30.3 Å². The second-order valence-electron chi connectivity index (χ2n) is 5.53. The van der Waals surface area contributed by atoms with Crippen LogP contribution in [0.1, 0.15) is 23.7 Å². The Morgan fingerprint density at radius 2 is 1.95 bits per heavy atom. The molecule has 1 aromatic heterocycles. The number of benzene rings is 1. The highest BCUT2D eigenvalue weighted by atomic mass is 15.4. The van der Waals surface area contributed by atoms with Gasteiger partial charge in [0.15, 0.2) is 0 Å². The van der Waals surface area contributed by atoms with Gasteiger partial charge in [-0.2, -0.15) is 5.10 Å². The largest absolute Gasteiger partial charge is 0.355 e. The van der Waals surface area contributed by atoms with E-state index in [1.54, 1.807) is 0 Å². The van der Waals surface area contributed by atoms with Crippen molar-refractivity contribution in [3.63, 3.8) is 0 Å². The molecule has 0 spiro atoms. The molecule has 0 aliphatic carbocycles. The number of nitrogens with two attached hydrogens (primary N) is 1. The van der Waals surface area contributed by atoms with E-state index in [4.69, 9.17) is 5.73 Å². The molecule has 0 radical (unpaired) electrons. The Kier molecular flexibility index (Phi) is 4.45. The Morgan fingerprint density at radius 1 is 1.30 bits per heavy atom. The molecule has 20 heavy (non-hydrogen) atoms. The Labute approximate surface area is 121 Å². The van der Waals surface area contributed by atoms with Gasteiger partial charge in [0.2, 0.25) is 0 Å². The summed E-state index contributed by atoms with van der Waals surface area (Å²) in [6.45, 7) is 4.96. The van der Waals surface area contributed by atoms with Crippen LogP contribution in [0.2, 0.25) is 0 Å². The SMILES string of the molecule is Cc1nn(C)c(N(C)Cc2ccccc2)c1CC(C)N. The van der Waals surface area contributed by atoms with E-state index < -0.39 is 0 Å². The van der Waals surface area contributed by atoms with Gasteiger partial charge in [0.1, 0.15) is 5.82 Å². The van der Waals surface area contributed by atoms with Crippen LogP contribution in [0.4, 0.5) is 5.82 Å². The van der Waals surface area contributed by atoms with Crippen molar-refractivity contribution in [1.29, 1.82) is 0 Å². The van der Waals surface area contributed by atoms with Crippen molar-refractivity contribution >= 4 is 5.82 Å². The first-order valence-electron chi connectivity index (χ1n) is 7.02. The summed E-state index contributed by atoms with van der Waals surface area (Å²) in [5.41, 5.74) is 9.58. The van der Waals surface area contributed by atoms with Gasteiger partial charge >= 0.3 is 0 Å². The number of hydrogen-bond acceptors (Lipinski definition) is 3. The molecule has 0 amide bonds. The Balaban J connectivity index is 2.27. The molecule has 1 heterocycles. The second kappa shape index (κ2) is 6.09. The number of nitrogens with zero attached hydrogens (tertiary/aromatic N) is 3. The zero-order valence-corrected chi connectivity index (χ0v) is 12.8. The van der Waals surface area contributed by atoms with E-state index in [9.17, 15) is 0 Å². The van der Waals surface area contributed by atoms with Gasteiger partial charge in [-0.15, -0.1) is 0 Å². The zero-order chi connectivity index (χ0) is 14.7. The van der Waals surface area contributed by atoms with E-state index in [0.717, 1.165) is 24.5 Å². The lowest BCUT2D eigenvalue weighted by atomic mass is 10.1. The topological polar surface area (TPSA) is 47.1 Å². The molecule has 0 fully saturated rings. The quantitative estimate of drug-likeness (QED) is 0.908. The van der Waals surface area contributed by atoms with E-state index in [2.05, 4.69) is 48.2 Å². The predicted molar refractivity (Wildman–Crippen MR) is 83.8 cm³/mol. The summed E-state index contributed by atoms with van der Waals surface area (Å²) in [4.78, 5) is 2.24. The first kappa shape index (κ1) is 14.6. The van der Waals surface area contributed by atoms with E-state index in [1.165, 1.54) is 11.1 Å². The van der Waals surface area contributed by atoms with Crippen molar-refractivity contribution in [3.8, 4) is 0 Å². The fourth-order valence-electron chi connectivity index (χ4n) is 2.66. The minimum Gasteiger partial charge on any atom is -0.355 e. The van der Waals surface area contributed by atoms with Gasteiger partial charge in [-0.25, -0.2) is 0 Å². The van der Waals surface area contributed by atoms with Crippen molar-refractivity contribution in [2.45, 2.75) is 32.9 Å². The number of aromatic nitrogens is 2. The van der Waals surface area contributed by atoms with Gasteiger partial charge < -0.3 is 10.6 Å². The predicted octanol–water partition coefficient (Wildman–Crippen LogP) is 2.25. The average molecular weight is 272 g/mol. The van der Waals surface area contributed by atoms with Crippen LogP contribution in [-0.2, 0) is 20.0 Å². The van der Waals surface area contributed by atoms with Crippen LogP contribution in [-0.4, -0.2) is 22.9 Å². The molecule has 1 unspecified atom stereocenters. The van der Waals surface area contributed by atoms with Crippen molar-refractivity contribution in [3.05, 3.63) is 47.2 Å². The number of rotatable bonds is 5. The third kappa shape index (κ3) is 3.20. The molecule has 4 nitrogen and oxygen atoms in total. The maximum absolute atomic E-state index is 5.97. The summed E-state index contributed by atoms with van der Waals surface area (Å²) in [7, 11) is 4.10. The highest BCUT2D eigenvalue weighted by Gasteiger charge is 2.18. The molecule has 1 aromatic carbocycles. The van der Waals surface area contributed by atoms with Gasteiger partial charge in [0.25, 0.3) is 0 Å². The van der Waals surface area contributed by atoms with E-state index in [0.29, 0.717) is 0 Å². The summed E-state index contributed by atoms with van der Waals surface area (Å²) in [5, 5.41) is 4.55. The van der Waals surface area contributed by atoms with E-state index in [1.807, 2.05) is 24.7 Å². The molecule has 0 aliphatic heterocycles. The van der Waals surface area contributed by atoms with Crippen LogP contribution in [0.25, 0.3) is 0 Å². The standard InChI is InChI=1S/C16H24N4/c1-12(17)10-15-13(2)18-20(4)16(15)19(3)11-14-8-6-5-7-9-14/h5-9,12H,10-11,17H2,1-4H3. The summed E-state index contributed by atoms with van der Waals surface area (Å²) < 4.78 is 1.95. The lowest BCUT2D eigenvalue weighted by molar-refractivity contribution is 0.715. The van der Waals surface area contributed by atoms with Gasteiger partial charge in [-0.05, 0) is 25.8 Å². The van der Waals surface area contributed by atoms with Crippen molar-refractivity contribution < 1.29 is 0 Å². The molecule has 2 rings (SSSR count). The first-order valence-corrected chi connectivity index (χ1v) is 7.02. The first-order chi connectivity index (χ1) is 9.49. The van der Waals surface area contributed by atoms with Gasteiger partial charge in [-0.3, -0.25) is 4.68 Å². The van der Waals surface area contributed by atoms with Crippen LogP contribution in [0.15, 0.2) is 30.3 Å². The third-order valence-electron chi connectivity index (χ3n) is 3.46. The minimum absolute atomic E-state index is 0.141. The smallest absolute Gasteiger partial charge is 0.130 e. The lowest BCUT2D eigenvalue weighted by Gasteiger charge is -2.22. The van der Waals surface area contributed by atoms with E-state index >= 15 is 0 Å². The van der Waals surface area contributed by atoms with Crippen molar-refractivity contribution in [1.82, 2.24) is 9.78 Å². The summed E-state index contributed by atoms with van der Waals surface area (Å²) >= 11 is 0. The number of anilines is 1. The molecular weight excluding hydrogens is 248 g/mol. The van der Waals surface area contributed by atoms with Gasteiger partial charge in [0, 0.05) is 32.2 Å². The van der Waals surface area contributed by atoms with Crippen molar-refractivity contribution in [2.75, 3.05) is 11.9 Å². The van der Waals surface area contributed by atoms with Crippen molar-refractivity contribution in [2.24, 2.45) is 12.8 Å².